The van der Waals surface area contributed by atoms with Crippen LogP contribution in [-0.4, -0.2) is 28.2 Å². The van der Waals surface area contributed by atoms with Gasteiger partial charge in [0, 0.05) is 17.5 Å². The quantitative estimate of drug-likeness (QED) is 0.809. The third kappa shape index (κ3) is 4.10. The van der Waals surface area contributed by atoms with E-state index < -0.39 is 6.10 Å². The van der Waals surface area contributed by atoms with Gasteiger partial charge < -0.3 is 9.84 Å². The van der Waals surface area contributed by atoms with Gasteiger partial charge in [-0.25, -0.2) is 0 Å². The zero-order valence-electron chi connectivity index (χ0n) is 9.14. The van der Waals surface area contributed by atoms with Crippen molar-refractivity contribution in [3.8, 4) is 5.75 Å². The molecule has 0 aliphatic rings. The topological polar surface area (TPSA) is 42.4 Å². The standard InChI is InChI=1S/C11H17NO2S/c1-3-14-10-5-9(6-12-7-10)11(13)8-15-4-2/h5-7,11,13H,3-4,8H2,1-2H3. The molecule has 0 aliphatic carbocycles. The Bertz CT molecular complexity index is 294. The van der Waals surface area contributed by atoms with Crippen LogP contribution in [0.1, 0.15) is 25.5 Å². The van der Waals surface area contributed by atoms with Crippen molar-refractivity contribution in [2.24, 2.45) is 0 Å². The number of rotatable bonds is 6. The van der Waals surface area contributed by atoms with Crippen molar-refractivity contribution in [1.29, 1.82) is 0 Å². The molecular weight excluding hydrogens is 210 g/mol. The van der Waals surface area contributed by atoms with E-state index in [1.807, 2.05) is 13.0 Å². The maximum atomic E-state index is 9.83. The molecule has 1 rings (SSSR count). The van der Waals surface area contributed by atoms with Gasteiger partial charge in [0.25, 0.3) is 0 Å². The number of pyridine rings is 1. The van der Waals surface area contributed by atoms with Crippen LogP contribution in [-0.2, 0) is 0 Å². The normalized spacial score (nSPS) is 12.5. The molecule has 84 valence electrons. The fourth-order valence-corrected chi connectivity index (χ4v) is 1.84. The van der Waals surface area contributed by atoms with E-state index in [0.717, 1.165) is 17.1 Å². The van der Waals surface area contributed by atoms with Crippen LogP contribution in [0.5, 0.6) is 5.75 Å². The molecule has 0 amide bonds. The minimum atomic E-state index is -0.456. The number of hydrogen-bond acceptors (Lipinski definition) is 4. The van der Waals surface area contributed by atoms with Crippen molar-refractivity contribution >= 4 is 11.8 Å². The number of aromatic nitrogens is 1. The van der Waals surface area contributed by atoms with Crippen LogP contribution in [0.15, 0.2) is 18.5 Å². The van der Waals surface area contributed by atoms with E-state index in [0.29, 0.717) is 12.4 Å². The third-order valence-corrected chi connectivity index (χ3v) is 2.87. The number of thioether (sulfide) groups is 1. The third-order valence-electron chi connectivity index (χ3n) is 1.91. The molecular formula is C11H17NO2S. The molecule has 0 spiro atoms. The molecule has 1 atom stereocenters. The molecule has 1 N–H and O–H groups in total. The predicted molar refractivity (Wildman–Crippen MR) is 63.4 cm³/mol. The van der Waals surface area contributed by atoms with Gasteiger partial charge in [0.15, 0.2) is 0 Å². The molecule has 1 aromatic rings. The van der Waals surface area contributed by atoms with Crippen molar-refractivity contribution in [3.05, 3.63) is 24.0 Å². The van der Waals surface area contributed by atoms with E-state index in [2.05, 4.69) is 11.9 Å². The Morgan fingerprint density at radius 2 is 2.27 bits per heavy atom. The summed E-state index contributed by atoms with van der Waals surface area (Å²) in [6.45, 7) is 4.62. The Labute approximate surface area is 94.9 Å². The van der Waals surface area contributed by atoms with Gasteiger partial charge in [-0.15, -0.1) is 0 Å². The van der Waals surface area contributed by atoms with Crippen molar-refractivity contribution < 1.29 is 9.84 Å². The predicted octanol–water partition coefficient (Wildman–Crippen LogP) is 2.27. The number of aliphatic hydroxyl groups excluding tert-OH is 1. The zero-order valence-corrected chi connectivity index (χ0v) is 9.96. The molecule has 0 bridgehead atoms. The van der Waals surface area contributed by atoms with Crippen molar-refractivity contribution in [3.63, 3.8) is 0 Å². The van der Waals surface area contributed by atoms with Gasteiger partial charge in [0.1, 0.15) is 5.75 Å². The molecule has 0 saturated heterocycles. The molecule has 3 nitrogen and oxygen atoms in total. The lowest BCUT2D eigenvalue weighted by atomic mass is 10.2. The summed E-state index contributed by atoms with van der Waals surface area (Å²) in [4.78, 5) is 4.04. The Hall–Kier alpha value is -0.740. The fourth-order valence-electron chi connectivity index (χ4n) is 1.19. The molecule has 1 heterocycles. The first-order valence-electron chi connectivity index (χ1n) is 5.11. The van der Waals surface area contributed by atoms with E-state index in [-0.39, 0.29) is 0 Å². The number of aliphatic hydroxyl groups is 1. The molecule has 0 radical (unpaired) electrons. The van der Waals surface area contributed by atoms with E-state index in [9.17, 15) is 5.11 Å². The molecule has 0 aromatic carbocycles. The second-order valence-electron chi connectivity index (χ2n) is 3.06. The molecule has 4 heteroatoms. The lowest BCUT2D eigenvalue weighted by Crippen LogP contribution is -2.02. The fraction of sp³-hybridized carbons (Fsp3) is 0.545. The molecule has 1 unspecified atom stereocenters. The summed E-state index contributed by atoms with van der Waals surface area (Å²) in [5.74, 6) is 2.43. The highest BCUT2D eigenvalue weighted by molar-refractivity contribution is 7.99. The molecule has 1 aromatic heterocycles. The average Bonchev–Trinajstić information content (AvgIpc) is 2.27. The van der Waals surface area contributed by atoms with Gasteiger partial charge >= 0.3 is 0 Å². The van der Waals surface area contributed by atoms with Crippen LogP contribution in [0, 0.1) is 0 Å². The molecule has 0 aliphatic heterocycles. The van der Waals surface area contributed by atoms with Gasteiger partial charge in [0.2, 0.25) is 0 Å². The van der Waals surface area contributed by atoms with Crippen molar-refractivity contribution in [2.45, 2.75) is 20.0 Å². The highest BCUT2D eigenvalue weighted by Gasteiger charge is 2.08. The summed E-state index contributed by atoms with van der Waals surface area (Å²) in [6, 6.07) is 1.84. The van der Waals surface area contributed by atoms with Crippen LogP contribution in [0.4, 0.5) is 0 Å². The maximum Gasteiger partial charge on any atom is 0.137 e. The lowest BCUT2D eigenvalue weighted by Gasteiger charge is -2.11. The number of nitrogens with zero attached hydrogens (tertiary/aromatic N) is 1. The minimum Gasteiger partial charge on any atom is -0.492 e. The van der Waals surface area contributed by atoms with Crippen molar-refractivity contribution in [1.82, 2.24) is 4.98 Å². The summed E-state index contributed by atoms with van der Waals surface area (Å²) >= 11 is 1.71. The second kappa shape index (κ2) is 6.69. The summed E-state index contributed by atoms with van der Waals surface area (Å²) in [6.07, 6.45) is 2.89. The summed E-state index contributed by atoms with van der Waals surface area (Å²) < 4.78 is 5.32. The summed E-state index contributed by atoms with van der Waals surface area (Å²) in [5.41, 5.74) is 0.821. The van der Waals surface area contributed by atoms with Crippen LogP contribution in [0.3, 0.4) is 0 Å². The highest BCUT2D eigenvalue weighted by atomic mass is 32.2. The largest absolute Gasteiger partial charge is 0.492 e. The van der Waals surface area contributed by atoms with Gasteiger partial charge in [-0.3, -0.25) is 4.98 Å². The summed E-state index contributed by atoms with van der Waals surface area (Å²) in [5, 5.41) is 9.83. The monoisotopic (exact) mass is 227 g/mol. The molecule has 15 heavy (non-hydrogen) atoms. The molecule has 0 saturated carbocycles. The Kier molecular flexibility index (Phi) is 5.50. The number of ether oxygens (including phenoxy) is 1. The molecule has 0 fully saturated rings. The van der Waals surface area contributed by atoms with E-state index in [1.54, 1.807) is 24.2 Å². The first-order valence-corrected chi connectivity index (χ1v) is 6.27. The van der Waals surface area contributed by atoms with Gasteiger partial charge in [-0.05, 0) is 18.7 Å². The van der Waals surface area contributed by atoms with Gasteiger partial charge in [-0.2, -0.15) is 11.8 Å². The van der Waals surface area contributed by atoms with E-state index in [1.165, 1.54) is 0 Å². The van der Waals surface area contributed by atoms with Gasteiger partial charge in [-0.1, -0.05) is 6.92 Å². The van der Waals surface area contributed by atoms with E-state index in [4.69, 9.17) is 4.74 Å². The number of hydrogen-bond donors (Lipinski definition) is 1. The first-order chi connectivity index (χ1) is 7.27. The summed E-state index contributed by atoms with van der Waals surface area (Å²) in [7, 11) is 0. The Morgan fingerprint density at radius 1 is 1.47 bits per heavy atom. The van der Waals surface area contributed by atoms with Crippen LogP contribution in [0.2, 0.25) is 0 Å². The Morgan fingerprint density at radius 3 is 2.93 bits per heavy atom. The smallest absolute Gasteiger partial charge is 0.137 e. The Balaban J connectivity index is 2.62. The minimum absolute atomic E-state index is 0.456. The maximum absolute atomic E-state index is 9.83. The highest BCUT2D eigenvalue weighted by Crippen LogP contribution is 2.20. The average molecular weight is 227 g/mol. The van der Waals surface area contributed by atoms with Crippen LogP contribution in [0.25, 0.3) is 0 Å². The van der Waals surface area contributed by atoms with E-state index >= 15 is 0 Å². The van der Waals surface area contributed by atoms with Crippen molar-refractivity contribution in [2.75, 3.05) is 18.1 Å². The SMILES string of the molecule is CCOc1cncc(C(O)CSCC)c1. The second-order valence-corrected chi connectivity index (χ2v) is 4.38. The lowest BCUT2D eigenvalue weighted by molar-refractivity contribution is 0.203. The van der Waals surface area contributed by atoms with Crippen LogP contribution >= 0.6 is 11.8 Å². The van der Waals surface area contributed by atoms with Gasteiger partial charge in [0.05, 0.1) is 18.9 Å². The zero-order chi connectivity index (χ0) is 11.1. The first kappa shape index (κ1) is 12.3. The van der Waals surface area contributed by atoms with Crippen LogP contribution < -0.4 is 4.74 Å².